The van der Waals surface area contributed by atoms with Crippen LogP contribution in [0.5, 0.6) is 0 Å². The smallest absolute Gasteiger partial charge is 0.377 e. The highest BCUT2D eigenvalue weighted by molar-refractivity contribution is 6.75. The van der Waals surface area contributed by atoms with E-state index in [1.807, 2.05) is 51.1 Å². The van der Waals surface area contributed by atoms with Gasteiger partial charge in [-0.1, -0.05) is 43.2 Å². The third kappa shape index (κ3) is 6.74. The van der Waals surface area contributed by atoms with E-state index in [1.54, 1.807) is 21.3 Å². The summed E-state index contributed by atoms with van der Waals surface area (Å²) in [7, 11) is 0.120. The summed E-state index contributed by atoms with van der Waals surface area (Å²) in [4.78, 5) is 0. The molecular weight excluding hydrogens is 392 g/mol. The fourth-order valence-corrected chi connectivity index (χ4v) is 8.72. The summed E-state index contributed by atoms with van der Waals surface area (Å²) in [6, 6.07) is 9.95. The van der Waals surface area contributed by atoms with Crippen molar-refractivity contribution in [1.29, 1.82) is 0 Å². The van der Waals surface area contributed by atoms with E-state index in [4.69, 9.17) is 26.6 Å². The van der Waals surface area contributed by atoms with E-state index in [-0.39, 0.29) is 0 Å². The largest absolute Gasteiger partial charge is 0.537 e. The summed E-state index contributed by atoms with van der Waals surface area (Å²) in [6.45, 7) is 7.68. The van der Waals surface area contributed by atoms with Gasteiger partial charge in [0, 0.05) is 51.9 Å². The Balaban J connectivity index is 0.000000292. The van der Waals surface area contributed by atoms with Crippen LogP contribution in [0, 0.1) is 0 Å². The van der Waals surface area contributed by atoms with Crippen molar-refractivity contribution in [2.75, 3.05) is 41.2 Å². The molecule has 1 saturated carbocycles. The van der Waals surface area contributed by atoms with Gasteiger partial charge in [0.15, 0.2) is 0 Å². The van der Waals surface area contributed by atoms with E-state index < -0.39 is 17.6 Å². The Morgan fingerprint density at radius 1 is 0.750 bits per heavy atom. The Morgan fingerprint density at radius 2 is 1.18 bits per heavy atom. The molecule has 0 saturated heterocycles. The van der Waals surface area contributed by atoms with Gasteiger partial charge in [-0.15, -0.1) is 0 Å². The quantitative estimate of drug-likeness (QED) is 0.498. The summed E-state index contributed by atoms with van der Waals surface area (Å²) in [6.07, 6.45) is 4.97. The number of hydrogen-bond acceptors (Lipinski definition) is 6. The molecule has 0 aromatic heterocycles. The lowest BCUT2D eigenvalue weighted by Gasteiger charge is -2.29. The molecule has 1 aliphatic carbocycles. The molecule has 0 atom stereocenters. The molecule has 0 aliphatic heterocycles. The van der Waals surface area contributed by atoms with E-state index in [1.165, 1.54) is 25.7 Å². The van der Waals surface area contributed by atoms with E-state index in [9.17, 15) is 0 Å². The average molecular weight is 431 g/mol. The number of rotatable bonds is 11. The van der Waals surface area contributed by atoms with Crippen LogP contribution in [0.1, 0.15) is 46.5 Å². The van der Waals surface area contributed by atoms with Crippen molar-refractivity contribution in [3.8, 4) is 0 Å². The maximum atomic E-state index is 5.79. The highest BCUT2D eigenvalue weighted by Gasteiger charge is 2.48. The summed E-state index contributed by atoms with van der Waals surface area (Å²) in [5, 5.41) is 1.03. The maximum Gasteiger partial charge on any atom is 0.537 e. The molecule has 8 heteroatoms. The molecule has 162 valence electrons. The first-order valence-electron chi connectivity index (χ1n) is 10.2. The molecule has 28 heavy (non-hydrogen) atoms. The van der Waals surface area contributed by atoms with E-state index in [0.29, 0.717) is 25.4 Å². The van der Waals surface area contributed by atoms with Crippen LogP contribution >= 0.6 is 0 Å². The minimum absolute atomic E-state index is 0.525. The predicted molar refractivity (Wildman–Crippen MR) is 116 cm³/mol. The van der Waals surface area contributed by atoms with Crippen LogP contribution in [0.4, 0.5) is 0 Å². The maximum absolute atomic E-state index is 5.79. The SMILES string of the molecule is CCO[Si](OCC)(OCC)c1ccccc1.CO[Si](OC)(OC)C1CCCC1. The molecule has 0 amide bonds. The monoisotopic (exact) mass is 430 g/mol. The van der Waals surface area contributed by atoms with E-state index in [2.05, 4.69) is 0 Å². The lowest BCUT2D eigenvalue weighted by Crippen LogP contribution is -2.56. The topological polar surface area (TPSA) is 55.4 Å². The zero-order chi connectivity index (χ0) is 20.9. The first-order valence-corrected chi connectivity index (χ1v) is 13.7. The van der Waals surface area contributed by atoms with Gasteiger partial charge in [0.25, 0.3) is 0 Å². The third-order valence-corrected chi connectivity index (χ3v) is 11.2. The summed E-state index contributed by atoms with van der Waals surface area (Å²) >= 11 is 0. The normalized spacial score (nSPS) is 15.4. The van der Waals surface area contributed by atoms with Crippen LogP contribution in [-0.2, 0) is 26.6 Å². The number of hydrogen-bond donors (Lipinski definition) is 0. The van der Waals surface area contributed by atoms with Gasteiger partial charge in [-0.05, 0) is 33.6 Å². The van der Waals surface area contributed by atoms with Crippen molar-refractivity contribution in [2.24, 2.45) is 0 Å². The van der Waals surface area contributed by atoms with Gasteiger partial charge in [0.05, 0.1) is 0 Å². The molecule has 2 rings (SSSR count). The molecule has 0 N–H and O–H groups in total. The lowest BCUT2D eigenvalue weighted by molar-refractivity contribution is 0.0859. The van der Waals surface area contributed by atoms with Crippen molar-refractivity contribution >= 4 is 22.8 Å². The molecule has 0 bridgehead atoms. The van der Waals surface area contributed by atoms with Crippen molar-refractivity contribution in [3.63, 3.8) is 0 Å². The second-order valence-corrected chi connectivity index (χ2v) is 12.2. The second-order valence-electron chi connectivity index (χ2n) is 6.42. The van der Waals surface area contributed by atoms with E-state index >= 15 is 0 Å². The van der Waals surface area contributed by atoms with Gasteiger partial charge in [0.1, 0.15) is 0 Å². The predicted octanol–water partition coefficient (Wildman–Crippen LogP) is 3.75. The van der Waals surface area contributed by atoms with Crippen molar-refractivity contribution < 1.29 is 26.6 Å². The van der Waals surface area contributed by atoms with Gasteiger partial charge in [-0.3, -0.25) is 0 Å². The molecule has 1 fully saturated rings. The first kappa shape index (κ1) is 25.5. The Hall–Kier alpha value is -0.586. The molecule has 0 unspecified atom stereocenters. The van der Waals surface area contributed by atoms with Gasteiger partial charge in [0.2, 0.25) is 0 Å². The highest BCUT2D eigenvalue weighted by Crippen LogP contribution is 2.39. The zero-order valence-electron chi connectivity index (χ0n) is 18.4. The van der Waals surface area contributed by atoms with Crippen LogP contribution in [0.15, 0.2) is 30.3 Å². The summed E-state index contributed by atoms with van der Waals surface area (Å²) < 4.78 is 33.6. The Bertz CT molecular complexity index is 481. The second kappa shape index (κ2) is 13.6. The lowest BCUT2D eigenvalue weighted by atomic mass is 10.4. The van der Waals surface area contributed by atoms with Crippen molar-refractivity contribution in [1.82, 2.24) is 0 Å². The molecule has 1 aliphatic rings. The minimum Gasteiger partial charge on any atom is -0.377 e. The molecule has 0 radical (unpaired) electrons. The van der Waals surface area contributed by atoms with Crippen molar-refractivity contribution in [3.05, 3.63) is 30.3 Å². The van der Waals surface area contributed by atoms with Crippen LogP contribution in [-0.4, -0.2) is 58.8 Å². The Morgan fingerprint density at radius 3 is 1.54 bits per heavy atom. The van der Waals surface area contributed by atoms with Gasteiger partial charge < -0.3 is 26.6 Å². The molecule has 6 nitrogen and oxygen atoms in total. The van der Waals surface area contributed by atoms with Gasteiger partial charge >= 0.3 is 17.6 Å². The standard InChI is InChI=1S/C12H20O3Si.C8H18O3Si/c1-4-13-16(14-5-2,15-6-3)12-10-8-7-9-11-12;1-9-12(10-2,11-3)8-6-4-5-7-8/h7-11H,4-6H2,1-3H3;8H,4-7H2,1-3H3. The van der Waals surface area contributed by atoms with E-state index in [0.717, 1.165) is 5.19 Å². The van der Waals surface area contributed by atoms with Crippen molar-refractivity contribution in [2.45, 2.75) is 52.0 Å². The van der Waals surface area contributed by atoms with Gasteiger partial charge in [-0.2, -0.15) is 0 Å². The fourth-order valence-electron chi connectivity index (χ4n) is 3.62. The van der Waals surface area contributed by atoms with Gasteiger partial charge in [-0.25, -0.2) is 0 Å². The molecular formula is C20H38O6Si2. The zero-order valence-corrected chi connectivity index (χ0v) is 20.4. The van der Waals surface area contributed by atoms with Crippen LogP contribution in [0.2, 0.25) is 5.54 Å². The molecule has 1 aromatic rings. The van der Waals surface area contributed by atoms with Crippen LogP contribution < -0.4 is 5.19 Å². The molecule has 0 heterocycles. The first-order chi connectivity index (χ1) is 13.6. The number of benzene rings is 1. The summed E-state index contributed by atoms with van der Waals surface area (Å²) in [5.41, 5.74) is 0.525. The molecule has 0 spiro atoms. The third-order valence-electron chi connectivity index (χ3n) is 4.84. The summed E-state index contributed by atoms with van der Waals surface area (Å²) in [5.74, 6) is 0. The van der Waals surface area contributed by atoms with Crippen LogP contribution in [0.25, 0.3) is 0 Å². The fraction of sp³-hybridized carbons (Fsp3) is 0.700. The Labute approximate surface area is 173 Å². The Kier molecular flexibility index (Phi) is 12.4. The molecule has 1 aromatic carbocycles. The minimum atomic E-state index is -2.67. The average Bonchev–Trinajstić information content (AvgIpc) is 3.27. The van der Waals surface area contributed by atoms with Crippen LogP contribution in [0.3, 0.4) is 0 Å². The highest BCUT2D eigenvalue weighted by atomic mass is 28.4.